The molecule has 3 saturated carbocycles. The standard InChI is InChI=1S/C29H30ClF2N3O3/c30-19-9-5-17(6-10-19)27-34-23-13-21(31)22(32)14-24(23)35(27)26(25-15-1-2-16(25)4-3-15)28(36)33-20-11-7-18(8-12-20)29(37)38/h5-6,9-10,13-16,18,20,25-26H,1-4,7-8,11-12H2,(H,33,36)(H,37,38)/t15-,16-,18?,20?,26?. The fourth-order valence-electron chi connectivity index (χ4n) is 7.23. The van der Waals surface area contributed by atoms with Gasteiger partial charge in [-0.05, 0) is 93.4 Å². The van der Waals surface area contributed by atoms with Gasteiger partial charge in [-0.15, -0.1) is 0 Å². The van der Waals surface area contributed by atoms with E-state index in [2.05, 4.69) is 5.32 Å². The molecule has 6 nitrogen and oxygen atoms in total. The number of amides is 1. The molecule has 0 spiro atoms. The number of carbonyl (C=O) groups excluding carboxylic acids is 1. The van der Waals surface area contributed by atoms with Crippen LogP contribution in [0.4, 0.5) is 8.78 Å². The average molecular weight is 542 g/mol. The second-order valence-electron chi connectivity index (χ2n) is 11.2. The molecule has 2 aromatic carbocycles. The second kappa shape index (κ2) is 9.95. The molecule has 2 bridgehead atoms. The minimum atomic E-state index is -0.984. The number of hydrogen-bond donors (Lipinski definition) is 2. The van der Waals surface area contributed by atoms with Gasteiger partial charge in [0.25, 0.3) is 0 Å². The van der Waals surface area contributed by atoms with Gasteiger partial charge in [-0.25, -0.2) is 13.8 Å². The number of carboxylic acid groups (broad SMARTS) is 1. The average Bonchev–Trinajstić information content (AvgIpc) is 3.59. The molecule has 3 aliphatic carbocycles. The van der Waals surface area contributed by atoms with Crippen molar-refractivity contribution in [1.82, 2.24) is 14.9 Å². The third kappa shape index (κ3) is 4.46. The van der Waals surface area contributed by atoms with Crippen LogP contribution >= 0.6 is 11.6 Å². The Bertz CT molecular complexity index is 1360. The van der Waals surface area contributed by atoms with Crippen molar-refractivity contribution in [2.45, 2.75) is 63.5 Å². The maximum Gasteiger partial charge on any atom is 0.306 e. The lowest BCUT2D eigenvalue weighted by Crippen LogP contribution is -2.45. The lowest BCUT2D eigenvalue weighted by atomic mass is 9.84. The molecule has 0 aliphatic heterocycles. The molecule has 200 valence electrons. The molecule has 38 heavy (non-hydrogen) atoms. The van der Waals surface area contributed by atoms with E-state index in [0.29, 0.717) is 65.0 Å². The van der Waals surface area contributed by atoms with Gasteiger partial charge in [-0.3, -0.25) is 9.59 Å². The van der Waals surface area contributed by atoms with Crippen molar-refractivity contribution in [3.05, 3.63) is 53.1 Å². The molecule has 0 radical (unpaired) electrons. The van der Waals surface area contributed by atoms with E-state index >= 15 is 0 Å². The molecular formula is C29H30ClF2N3O3. The third-order valence-electron chi connectivity index (χ3n) is 9.07. The summed E-state index contributed by atoms with van der Waals surface area (Å²) in [7, 11) is 0. The van der Waals surface area contributed by atoms with Crippen LogP contribution in [0.2, 0.25) is 5.02 Å². The Morgan fingerprint density at radius 1 is 0.947 bits per heavy atom. The topological polar surface area (TPSA) is 84.2 Å². The minimum Gasteiger partial charge on any atom is -0.481 e. The van der Waals surface area contributed by atoms with E-state index in [4.69, 9.17) is 16.6 Å². The van der Waals surface area contributed by atoms with Gasteiger partial charge in [0.2, 0.25) is 5.91 Å². The van der Waals surface area contributed by atoms with Crippen LogP contribution in [0, 0.1) is 35.3 Å². The molecule has 0 saturated heterocycles. The highest BCUT2D eigenvalue weighted by atomic mass is 35.5. The number of aromatic nitrogens is 2. The molecule has 1 atom stereocenters. The highest BCUT2D eigenvalue weighted by Crippen LogP contribution is 2.55. The lowest BCUT2D eigenvalue weighted by Gasteiger charge is -2.33. The van der Waals surface area contributed by atoms with Crippen LogP contribution in [0.3, 0.4) is 0 Å². The van der Waals surface area contributed by atoms with Crippen molar-refractivity contribution >= 4 is 34.5 Å². The number of rotatable bonds is 6. The van der Waals surface area contributed by atoms with E-state index in [1.54, 1.807) is 24.3 Å². The summed E-state index contributed by atoms with van der Waals surface area (Å²) in [6.45, 7) is 0. The molecule has 3 aliphatic rings. The minimum absolute atomic E-state index is 0.0573. The molecule has 9 heteroatoms. The number of fused-ring (bicyclic) bond motifs is 3. The van der Waals surface area contributed by atoms with Gasteiger partial charge in [0.1, 0.15) is 11.9 Å². The Morgan fingerprint density at radius 3 is 2.16 bits per heavy atom. The molecular weight excluding hydrogens is 512 g/mol. The summed E-state index contributed by atoms with van der Waals surface area (Å²) in [4.78, 5) is 30.3. The number of carboxylic acids is 1. The molecule has 6 rings (SSSR count). The van der Waals surface area contributed by atoms with E-state index in [-0.39, 0.29) is 23.8 Å². The summed E-state index contributed by atoms with van der Waals surface area (Å²) in [5, 5.41) is 13.1. The molecule has 3 aromatic rings. The maximum absolute atomic E-state index is 14.6. The summed E-state index contributed by atoms with van der Waals surface area (Å²) >= 11 is 6.13. The summed E-state index contributed by atoms with van der Waals surface area (Å²) in [6.07, 6.45) is 6.44. The Morgan fingerprint density at radius 2 is 1.55 bits per heavy atom. The molecule has 1 heterocycles. The summed E-state index contributed by atoms with van der Waals surface area (Å²) in [6, 6.07) is 8.54. The fraction of sp³-hybridized carbons (Fsp3) is 0.483. The zero-order valence-electron chi connectivity index (χ0n) is 20.9. The van der Waals surface area contributed by atoms with E-state index in [9.17, 15) is 23.5 Å². The SMILES string of the molecule is O=C(O)C1CCC(NC(=O)C(C2[C@H]3CC[C@H]2CC3)n2c(-c3ccc(Cl)cc3)nc3cc(F)c(F)cc32)CC1. The van der Waals surface area contributed by atoms with Crippen molar-refractivity contribution < 1.29 is 23.5 Å². The van der Waals surface area contributed by atoms with Gasteiger partial charge >= 0.3 is 5.97 Å². The van der Waals surface area contributed by atoms with Crippen LogP contribution in [0.5, 0.6) is 0 Å². The normalized spacial score (nSPS) is 27.5. The van der Waals surface area contributed by atoms with Crippen molar-refractivity contribution in [3.63, 3.8) is 0 Å². The van der Waals surface area contributed by atoms with E-state index in [0.717, 1.165) is 37.8 Å². The van der Waals surface area contributed by atoms with Crippen molar-refractivity contribution in [2.24, 2.45) is 23.7 Å². The van der Waals surface area contributed by atoms with Crippen LogP contribution in [-0.4, -0.2) is 32.6 Å². The van der Waals surface area contributed by atoms with E-state index in [1.807, 2.05) is 4.57 Å². The maximum atomic E-state index is 14.6. The molecule has 1 amide bonds. The van der Waals surface area contributed by atoms with Gasteiger partial charge in [-0.2, -0.15) is 0 Å². The smallest absolute Gasteiger partial charge is 0.306 e. The number of halogens is 3. The summed E-state index contributed by atoms with van der Waals surface area (Å²) in [5.41, 5.74) is 1.38. The second-order valence-corrected chi connectivity index (χ2v) is 11.6. The van der Waals surface area contributed by atoms with Crippen molar-refractivity contribution in [1.29, 1.82) is 0 Å². The highest BCUT2D eigenvalue weighted by Gasteiger charge is 2.49. The Kier molecular flexibility index (Phi) is 6.62. The van der Waals surface area contributed by atoms with Crippen LogP contribution in [0.1, 0.15) is 57.4 Å². The highest BCUT2D eigenvalue weighted by molar-refractivity contribution is 6.30. The Hall–Kier alpha value is -3.00. The molecule has 1 unspecified atom stereocenters. The zero-order chi connectivity index (χ0) is 26.6. The van der Waals surface area contributed by atoms with E-state index in [1.165, 1.54) is 0 Å². The van der Waals surface area contributed by atoms with E-state index < -0.39 is 23.6 Å². The quantitative estimate of drug-likeness (QED) is 0.380. The summed E-state index contributed by atoms with van der Waals surface area (Å²) in [5.74, 6) is -2.02. The summed E-state index contributed by atoms with van der Waals surface area (Å²) < 4.78 is 30.7. The first kappa shape index (κ1) is 25.3. The first-order chi connectivity index (χ1) is 18.3. The number of carbonyl (C=O) groups is 2. The number of benzene rings is 2. The number of nitrogens with zero attached hydrogens (tertiary/aromatic N) is 2. The van der Waals surface area contributed by atoms with Crippen LogP contribution in [0.15, 0.2) is 36.4 Å². The van der Waals surface area contributed by atoms with Gasteiger partial charge < -0.3 is 15.0 Å². The van der Waals surface area contributed by atoms with Gasteiger partial charge in [-0.1, -0.05) is 11.6 Å². The Labute approximate surface area is 224 Å². The van der Waals surface area contributed by atoms with Crippen molar-refractivity contribution in [3.8, 4) is 11.4 Å². The van der Waals surface area contributed by atoms with Crippen LogP contribution in [-0.2, 0) is 9.59 Å². The molecule has 3 fully saturated rings. The molecule has 1 aromatic heterocycles. The van der Waals surface area contributed by atoms with Crippen molar-refractivity contribution in [2.75, 3.05) is 0 Å². The lowest BCUT2D eigenvalue weighted by molar-refractivity contribution is -0.142. The van der Waals surface area contributed by atoms with Gasteiger partial charge in [0.05, 0.1) is 17.0 Å². The number of imidazole rings is 1. The zero-order valence-corrected chi connectivity index (χ0v) is 21.6. The monoisotopic (exact) mass is 541 g/mol. The van der Waals surface area contributed by atoms with Gasteiger partial charge in [0, 0.05) is 28.8 Å². The number of hydrogen-bond acceptors (Lipinski definition) is 3. The first-order valence-corrected chi connectivity index (χ1v) is 13.8. The number of aliphatic carboxylic acids is 1. The third-order valence-corrected chi connectivity index (χ3v) is 9.33. The van der Waals surface area contributed by atoms with Crippen LogP contribution < -0.4 is 5.32 Å². The largest absolute Gasteiger partial charge is 0.481 e. The fourth-order valence-corrected chi connectivity index (χ4v) is 7.35. The molecule has 2 N–H and O–H groups in total. The Balaban J connectivity index is 1.45. The predicted molar refractivity (Wildman–Crippen MR) is 140 cm³/mol. The van der Waals surface area contributed by atoms with Crippen LogP contribution in [0.25, 0.3) is 22.4 Å². The first-order valence-electron chi connectivity index (χ1n) is 13.5. The number of nitrogens with one attached hydrogen (secondary N) is 1. The predicted octanol–water partition coefficient (Wildman–Crippen LogP) is 6.37. The van der Waals surface area contributed by atoms with Gasteiger partial charge in [0.15, 0.2) is 11.6 Å².